The van der Waals surface area contributed by atoms with E-state index in [-0.39, 0.29) is 6.61 Å². The summed E-state index contributed by atoms with van der Waals surface area (Å²) in [5.74, 6) is -0.894. The second kappa shape index (κ2) is 8.01. The molecule has 1 aromatic carbocycles. The fraction of sp³-hybridized carbons (Fsp3) is 0.294. The number of anilines is 1. The summed E-state index contributed by atoms with van der Waals surface area (Å²) in [6, 6.07) is 6.76. The Hall–Kier alpha value is -2.28. The van der Waals surface area contributed by atoms with Crippen LogP contribution >= 0.6 is 12.2 Å². The lowest BCUT2D eigenvalue weighted by molar-refractivity contribution is 0.292. The Morgan fingerprint density at radius 2 is 1.92 bits per heavy atom. The van der Waals surface area contributed by atoms with E-state index in [1.54, 1.807) is 12.1 Å². The van der Waals surface area contributed by atoms with Gasteiger partial charge in [0, 0.05) is 25.7 Å². The van der Waals surface area contributed by atoms with E-state index < -0.39 is 11.6 Å². The van der Waals surface area contributed by atoms with Crippen LogP contribution in [0.25, 0.3) is 0 Å². The maximum absolute atomic E-state index is 13.2. The van der Waals surface area contributed by atoms with Gasteiger partial charge in [-0.3, -0.25) is 0 Å². The Morgan fingerprint density at radius 3 is 2.50 bits per heavy atom. The van der Waals surface area contributed by atoms with Gasteiger partial charge in [-0.25, -0.2) is 13.8 Å². The van der Waals surface area contributed by atoms with Crippen molar-refractivity contribution in [1.29, 1.82) is 0 Å². The average Bonchev–Trinajstić information content (AvgIpc) is 2.53. The Balaban J connectivity index is 2.02. The molecule has 4 nitrogen and oxygen atoms in total. The maximum atomic E-state index is 13.2. The lowest BCUT2D eigenvalue weighted by Gasteiger charge is -2.19. The molecule has 7 heteroatoms. The monoisotopic (exact) mass is 351 g/mol. The number of hydrogen-bond acceptors (Lipinski definition) is 3. The quantitative estimate of drug-likeness (QED) is 0.827. The first-order valence-corrected chi connectivity index (χ1v) is 7.87. The fourth-order valence-corrected chi connectivity index (χ4v) is 2.20. The Labute approximate surface area is 145 Å². The van der Waals surface area contributed by atoms with Crippen molar-refractivity contribution in [1.82, 2.24) is 9.88 Å². The second-order valence-electron chi connectivity index (χ2n) is 5.29. The first-order valence-electron chi connectivity index (χ1n) is 7.46. The normalized spacial score (nSPS) is 10.4. The van der Waals surface area contributed by atoms with Crippen molar-refractivity contribution in [2.45, 2.75) is 20.5 Å². The van der Waals surface area contributed by atoms with Crippen LogP contribution in [0.1, 0.15) is 18.2 Å². The predicted molar refractivity (Wildman–Crippen MR) is 94.2 cm³/mol. The maximum Gasteiger partial charge on any atom is 0.213 e. The van der Waals surface area contributed by atoms with Crippen molar-refractivity contribution in [3.8, 4) is 5.88 Å². The highest BCUT2D eigenvalue weighted by atomic mass is 32.1. The number of thiocarbonyl (C=S) groups is 1. The van der Waals surface area contributed by atoms with Gasteiger partial charge in [-0.2, -0.15) is 0 Å². The molecule has 1 heterocycles. The van der Waals surface area contributed by atoms with Crippen LogP contribution in [0.2, 0.25) is 0 Å². The lowest BCUT2D eigenvalue weighted by atomic mass is 10.2. The number of benzene rings is 1. The molecular formula is C17H19F2N3OS. The van der Waals surface area contributed by atoms with E-state index in [2.05, 4.69) is 10.3 Å². The molecule has 0 atom stereocenters. The third-order valence-electron chi connectivity index (χ3n) is 3.43. The van der Waals surface area contributed by atoms with Gasteiger partial charge < -0.3 is 15.0 Å². The Bertz CT molecular complexity index is 720. The Kier molecular flexibility index (Phi) is 6.03. The van der Waals surface area contributed by atoms with Crippen LogP contribution < -0.4 is 10.1 Å². The summed E-state index contributed by atoms with van der Waals surface area (Å²) in [6.07, 6.45) is 0. The van der Waals surface area contributed by atoms with Crippen LogP contribution in [0.4, 0.5) is 14.5 Å². The van der Waals surface area contributed by atoms with E-state index in [0.717, 1.165) is 18.3 Å². The predicted octanol–water partition coefficient (Wildman–Crippen LogP) is 3.90. The molecule has 1 N–H and O–H groups in total. The van der Waals surface area contributed by atoms with Crippen molar-refractivity contribution in [2.24, 2.45) is 0 Å². The van der Waals surface area contributed by atoms with Gasteiger partial charge in [-0.1, -0.05) is 0 Å². The van der Waals surface area contributed by atoms with E-state index in [0.29, 0.717) is 22.2 Å². The number of hydrogen-bond donors (Lipinski definition) is 1. The highest BCUT2D eigenvalue weighted by Crippen LogP contribution is 2.19. The van der Waals surface area contributed by atoms with Crippen molar-refractivity contribution < 1.29 is 13.5 Å². The van der Waals surface area contributed by atoms with Gasteiger partial charge in [0.1, 0.15) is 18.2 Å². The topological polar surface area (TPSA) is 37.4 Å². The van der Waals surface area contributed by atoms with E-state index in [9.17, 15) is 8.78 Å². The van der Waals surface area contributed by atoms with Crippen molar-refractivity contribution in [3.63, 3.8) is 0 Å². The van der Waals surface area contributed by atoms with Crippen LogP contribution in [-0.2, 0) is 6.61 Å². The number of pyridine rings is 1. The lowest BCUT2D eigenvalue weighted by Crippen LogP contribution is -2.31. The summed E-state index contributed by atoms with van der Waals surface area (Å²) < 4.78 is 31.8. The molecule has 0 amide bonds. The average molecular weight is 351 g/mol. The summed E-state index contributed by atoms with van der Waals surface area (Å²) in [7, 11) is 1.90. The fourth-order valence-electron chi connectivity index (χ4n) is 1.96. The largest absolute Gasteiger partial charge is 0.473 e. The highest BCUT2D eigenvalue weighted by molar-refractivity contribution is 7.80. The molecule has 2 rings (SSSR count). The minimum atomic E-state index is -0.633. The van der Waals surface area contributed by atoms with Gasteiger partial charge >= 0.3 is 0 Å². The molecule has 128 valence electrons. The van der Waals surface area contributed by atoms with Crippen molar-refractivity contribution >= 4 is 23.0 Å². The zero-order valence-corrected chi connectivity index (χ0v) is 14.6. The zero-order valence-electron chi connectivity index (χ0n) is 13.8. The first-order chi connectivity index (χ1) is 11.4. The minimum Gasteiger partial charge on any atom is -0.473 e. The standard InChI is InChI=1S/C17H19F2N3OS/c1-4-22(3)17(24)21-15-5-6-16(20-11(15)2)23-10-12-7-13(18)9-14(19)8-12/h5-9H,4,10H2,1-3H3,(H,21,24). The van der Waals surface area contributed by atoms with E-state index >= 15 is 0 Å². The molecule has 24 heavy (non-hydrogen) atoms. The third-order valence-corrected chi connectivity index (χ3v) is 3.85. The van der Waals surface area contributed by atoms with Crippen LogP contribution in [0.3, 0.4) is 0 Å². The molecule has 0 saturated heterocycles. The van der Waals surface area contributed by atoms with Crippen molar-refractivity contribution in [2.75, 3.05) is 18.9 Å². The molecule has 0 fully saturated rings. The molecule has 0 bridgehead atoms. The number of rotatable bonds is 5. The molecule has 1 aromatic heterocycles. The van der Waals surface area contributed by atoms with Gasteiger partial charge in [0.15, 0.2) is 5.11 Å². The zero-order chi connectivity index (χ0) is 17.7. The van der Waals surface area contributed by atoms with Gasteiger partial charge in [0.25, 0.3) is 0 Å². The van der Waals surface area contributed by atoms with Gasteiger partial charge in [-0.15, -0.1) is 0 Å². The molecule has 0 radical (unpaired) electrons. The summed E-state index contributed by atoms with van der Waals surface area (Å²) in [5, 5.41) is 3.72. The van der Waals surface area contributed by atoms with Gasteiger partial charge in [-0.05, 0) is 49.8 Å². The summed E-state index contributed by atoms with van der Waals surface area (Å²) >= 11 is 5.27. The Morgan fingerprint density at radius 1 is 1.25 bits per heavy atom. The van der Waals surface area contributed by atoms with Crippen LogP contribution in [0.5, 0.6) is 5.88 Å². The number of nitrogens with one attached hydrogen (secondary N) is 1. The van der Waals surface area contributed by atoms with E-state index in [1.165, 1.54) is 12.1 Å². The first kappa shape index (κ1) is 18.1. The number of aryl methyl sites for hydroxylation is 1. The summed E-state index contributed by atoms with van der Waals surface area (Å²) in [6.45, 7) is 4.66. The highest BCUT2D eigenvalue weighted by Gasteiger charge is 2.08. The number of halogens is 2. The molecule has 0 saturated carbocycles. The van der Waals surface area contributed by atoms with E-state index in [1.807, 2.05) is 25.8 Å². The minimum absolute atomic E-state index is 0.0326. The number of aromatic nitrogens is 1. The summed E-state index contributed by atoms with van der Waals surface area (Å²) in [4.78, 5) is 6.22. The third kappa shape index (κ3) is 4.86. The van der Waals surface area contributed by atoms with Gasteiger partial charge in [0.05, 0.1) is 11.4 Å². The number of nitrogens with zero attached hydrogens (tertiary/aromatic N) is 2. The second-order valence-corrected chi connectivity index (χ2v) is 5.68. The van der Waals surface area contributed by atoms with Crippen LogP contribution in [0.15, 0.2) is 30.3 Å². The van der Waals surface area contributed by atoms with Crippen LogP contribution in [0, 0.1) is 18.6 Å². The smallest absolute Gasteiger partial charge is 0.213 e. The van der Waals surface area contributed by atoms with Gasteiger partial charge in [0.2, 0.25) is 5.88 Å². The molecular weight excluding hydrogens is 332 g/mol. The van der Waals surface area contributed by atoms with E-state index in [4.69, 9.17) is 17.0 Å². The molecule has 0 spiro atoms. The van der Waals surface area contributed by atoms with Crippen LogP contribution in [-0.4, -0.2) is 28.6 Å². The molecule has 2 aromatic rings. The molecule has 0 unspecified atom stereocenters. The molecule has 0 aliphatic carbocycles. The SMILES string of the molecule is CCN(C)C(=S)Nc1ccc(OCc2cc(F)cc(F)c2)nc1C. The molecule has 0 aliphatic rings. The number of ether oxygens (including phenoxy) is 1. The summed E-state index contributed by atoms with van der Waals surface area (Å²) in [5.41, 5.74) is 1.90. The van der Waals surface area contributed by atoms with Crippen molar-refractivity contribution in [3.05, 3.63) is 53.2 Å². The molecule has 0 aliphatic heterocycles.